The Kier molecular flexibility index (Phi) is 5.85. The summed E-state index contributed by atoms with van der Waals surface area (Å²) in [4.78, 5) is 15.9. The minimum absolute atomic E-state index is 0. The van der Waals surface area contributed by atoms with E-state index in [1.807, 2.05) is 6.33 Å². The second kappa shape index (κ2) is 7.16. The monoisotopic (exact) mass is 269 g/mol. The number of fused-ring (bicyclic) bond motifs is 1. The highest BCUT2D eigenvalue weighted by molar-refractivity contribution is 5.85. The van der Waals surface area contributed by atoms with Gasteiger partial charge < -0.3 is 9.55 Å². The fourth-order valence-electron chi connectivity index (χ4n) is 1.96. The molecule has 0 aliphatic carbocycles. The van der Waals surface area contributed by atoms with Crippen LogP contribution >= 0.6 is 12.4 Å². The van der Waals surface area contributed by atoms with Crippen LogP contribution in [0.5, 0.6) is 0 Å². The van der Waals surface area contributed by atoms with Gasteiger partial charge in [-0.1, -0.05) is 26.2 Å². The lowest BCUT2D eigenvalue weighted by Gasteiger charge is -2.06. The summed E-state index contributed by atoms with van der Waals surface area (Å²) >= 11 is 0. The zero-order valence-corrected chi connectivity index (χ0v) is 11.7. The quantitative estimate of drug-likeness (QED) is 0.847. The van der Waals surface area contributed by atoms with Gasteiger partial charge in [-0.3, -0.25) is 4.99 Å². The summed E-state index contributed by atoms with van der Waals surface area (Å²) < 4.78 is 2.09. The fourth-order valence-corrected chi connectivity index (χ4v) is 1.96. The molecule has 0 saturated carbocycles. The van der Waals surface area contributed by atoms with E-state index < -0.39 is 0 Å². The first kappa shape index (κ1) is 14.7. The molecule has 2 heterocycles. The van der Waals surface area contributed by atoms with Crippen molar-refractivity contribution < 1.29 is 0 Å². The van der Waals surface area contributed by atoms with Crippen molar-refractivity contribution in [3.8, 4) is 0 Å². The molecule has 1 N–H and O–H groups in total. The summed E-state index contributed by atoms with van der Waals surface area (Å²) in [6.45, 7) is 3.19. The Morgan fingerprint density at radius 1 is 1.28 bits per heavy atom. The van der Waals surface area contributed by atoms with Gasteiger partial charge in [0, 0.05) is 13.6 Å². The Hall–Kier alpha value is -1.36. The SMILES string of the molecule is CCCCCCn1cnc(=NC)c2[nH]cnc21.Cl. The molecule has 0 radical (unpaired) electrons. The smallest absolute Gasteiger partial charge is 0.176 e. The third-order valence-corrected chi connectivity index (χ3v) is 2.90. The summed E-state index contributed by atoms with van der Waals surface area (Å²) in [5.74, 6) is 0. The zero-order valence-electron chi connectivity index (χ0n) is 10.9. The highest BCUT2D eigenvalue weighted by Crippen LogP contribution is 2.06. The number of halogens is 1. The molecule has 0 fully saturated rings. The number of aromatic amines is 1. The normalized spacial score (nSPS) is 11.8. The lowest BCUT2D eigenvalue weighted by atomic mass is 10.2. The van der Waals surface area contributed by atoms with Crippen molar-refractivity contribution in [2.75, 3.05) is 7.05 Å². The Morgan fingerprint density at radius 2 is 2.11 bits per heavy atom. The molecule has 5 nitrogen and oxygen atoms in total. The largest absolute Gasteiger partial charge is 0.340 e. The third kappa shape index (κ3) is 3.10. The maximum absolute atomic E-state index is 4.33. The molecule has 6 heteroatoms. The van der Waals surface area contributed by atoms with Crippen molar-refractivity contribution in [1.29, 1.82) is 0 Å². The Bertz CT molecular complexity index is 543. The van der Waals surface area contributed by atoms with Crippen LogP contribution in [0, 0.1) is 0 Å². The number of nitrogens with zero attached hydrogens (tertiary/aromatic N) is 4. The first-order valence-corrected chi connectivity index (χ1v) is 6.18. The maximum Gasteiger partial charge on any atom is 0.176 e. The molecule has 0 aromatic carbocycles. The number of nitrogens with one attached hydrogen (secondary N) is 1. The minimum atomic E-state index is 0. The molecule has 100 valence electrons. The molecule has 18 heavy (non-hydrogen) atoms. The number of H-pyrrole nitrogens is 1. The Labute approximate surface area is 113 Å². The minimum Gasteiger partial charge on any atom is -0.340 e. The van der Waals surface area contributed by atoms with Crippen LogP contribution in [0.15, 0.2) is 17.6 Å². The molecule has 0 bridgehead atoms. The molecule has 2 rings (SSSR count). The molecule has 0 spiro atoms. The fraction of sp³-hybridized carbons (Fsp3) is 0.583. The molecule has 0 amide bonds. The number of aryl methyl sites for hydroxylation is 1. The van der Waals surface area contributed by atoms with E-state index in [1.165, 1.54) is 25.7 Å². The van der Waals surface area contributed by atoms with Gasteiger partial charge in [0.05, 0.1) is 12.7 Å². The average molecular weight is 270 g/mol. The number of aromatic nitrogens is 4. The van der Waals surface area contributed by atoms with E-state index in [2.05, 4.69) is 31.4 Å². The van der Waals surface area contributed by atoms with Crippen molar-refractivity contribution in [2.24, 2.45) is 4.99 Å². The zero-order chi connectivity index (χ0) is 12.1. The van der Waals surface area contributed by atoms with Crippen molar-refractivity contribution >= 4 is 23.6 Å². The predicted octanol–water partition coefficient (Wildman–Crippen LogP) is 2.29. The van der Waals surface area contributed by atoms with Crippen molar-refractivity contribution in [3.63, 3.8) is 0 Å². The van der Waals surface area contributed by atoms with E-state index in [4.69, 9.17) is 0 Å². The van der Waals surface area contributed by atoms with Crippen LogP contribution in [-0.2, 0) is 6.54 Å². The van der Waals surface area contributed by atoms with E-state index in [1.54, 1.807) is 13.4 Å². The molecule has 0 aliphatic rings. The Morgan fingerprint density at radius 3 is 2.83 bits per heavy atom. The van der Waals surface area contributed by atoms with Crippen LogP contribution in [0.4, 0.5) is 0 Å². The molecular weight excluding hydrogens is 250 g/mol. The molecule has 2 aromatic heterocycles. The number of hydrogen-bond acceptors (Lipinski definition) is 3. The van der Waals surface area contributed by atoms with E-state index in [-0.39, 0.29) is 12.4 Å². The molecule has 2 aromatic rings. The topological polar surface area (TPSA) is 58.9 Å². The lowest BCUT2D eigenvalue weighted by molar-refractivity contribution is 0.583. The molecule has 0 aliphatic heterocycles. The van der Waals surface area contributed by atoms with Crippen LogP contribution in [0.1, 0.15) is 32.6 Å². The average Bonchev–Trinajstić information content (AvgIpc) is 2.84. The number of unbranched alkanes of at least 4 members (excludes halogenated alkanes) is 3. The van der Waals surface area contributed by atoms with Crippen LogP contribution in [-0.4, -0.2) is 26.6 Å². The molecule has 0 unspecified atom stereocenters. The summed E-state index contributed by atoms with van der Waals surface area (Å²) in [6.07, 6.45) is 8.51. The van der Waals surface area contributed by atoms with Crippen LogP contribution < -0.4 is 5.49 Å². The van der Waals surface area contributed by atoms with Crippen molar-refractivity contribution in [2.45, 2.75) is 39.2 Å². The number of rotatable bonds is 5. The van der Waals surface area contributed by atoms with Crippen LogP contribution in [0.25, 0.3) is 11.2 Å². The maximum atomic E-state index is 4.33. The van der Waals surface area contributed by atoms with Gasteiger partial charge in [-0.15, -0.1) is 12.4 Å². The van der Waals surface area contributed by atoms with Gasteiger partial charge in [0.2, 0.25) is 0 Å². The molecule has 0 saturated heterocycles. The second-order valence-electron chi connectivity index (χ2n) is 4.15. The van der Waals surface area contributed by atoms with Gasteiger partial charge in [-0.05, 0) is 6.42 Å². The van der Waals surface area contributed by atoms with Gasteiger partial charge in [0.25, 0.3) is 0 Å². The van der Waals surface area contributed by atoms with Gasteiger partial charge in [-0.25, -0.2) is 9.97 Å². The highest BCUT2D eigenvalue weighted by atomic mass is 35.5. The summed E-state index contributed by atoms with van der Waals surface area (Å²) in [7, 11) is 1.74. The first-order valence-electron chi connectivity index (χ1n) is 6.18. The third-order valence-electron chi connectivity index (χ3n) is 2.90. The van der Waals surface area contributed by atoms with E-state index >= 15 is 0 Å². The van der Waals surface area contributed by atoms with Crippen molar-refractivity contribution in [3.05, 3.63) is 18.1 Å². The summed E-state index contributed by atoms with van der Waals surface area (Å²) in [5.41, 5.74) is 2.59. The second-order valence-corrected chi connectivity index (χ2v) is 4.15. The standard InChI is InChI=1S/C12H19N5.ClH/c1-3-4-5-6-7-17-9-16-11(13-2)10-12(17)15-8-14-10;/h8-9H,3-7H2,1-2H3,(H,14,15);1H. The van der Waals surface area contributed by atoms with Crippen LogP contribution in [0.2, 0.25) is 0 Å². The van der Waals surface area contributed by atoms with E-state index in [0.717, 1.165) is 23.2 Å². The summed E-state index contributed by atoms with van der Waals surface area (Å²) in [5, 5.41) is 0. The summed E-state index contributed by atoms with van der Waals surface area (Å²) in [6, 6.07) is 0. The van der Waals surface area contributed by atoms with Gasteiger partial charge in [-0.2, -0.15) is 0 Å². The Balaban J connectivity index is 0.00000162. The predicted molar refractivity (Wildman–Crippen MR) is 74.8 cm³/mol. The number of imidazole rings is 1. The lowest BCUT2D eigenvalue weighted by Crippen LogP contribution is -2.14. The molecular formula is C12H20ClN5. The van der Waals surface area contributed by atoms with Crippen molar-refractivity contribution in [1.82, 2.24) is 19.5 Å². The van der Waals surface area contributed by atoms with Crippen LogP contribution in [0.3, 0.4) is 0 Å². The van der Waals surface area contributed by atoms with Gasteiger partial charge >= 0.3 is 0 Å². The molecule has 0 atom stereocenters. The van der Waals surface area contributed by atoms with Gasteiger partial charge in [0.1, 0.15) is 5.52 Å². The van der Waals surface area contributed by atoms with E-state index in [0.29, 0.717) is 0 Å². The number of hydrogen-bond donors (Lipinski definition) is 1. The first-order chi connectivity index (χ1) is 8.36. The van der Waals surface area contributed by atoms with E-state index in [9.17, 15) is 0 Å². The highest BCUT2D eigenvalue weighted by Gasteiger charge is 2.04. The van der Waals surface area contributed by atoms with Gasteiger partial charge in [0.15, 0.2) is 11.1 Å².